The zero-order chi connectivity index (χ0) is 14.9. The highest BCUT2D eigenvalue weighted by Crippen LogP contribution is 2.27. The van der Waals surface area contributed by atoms with E-state index in [0.29, 0.717) is 12.5 Å². The van der Waals surface area contributed by atoms with E-state index in [2.05, 4.69) is 17.5 Å². The number of rotatable bonds is 2. The number of hydrogen-bond acceptors (Lipinski definition) is 2. The van der Waals surface area contributed by atoms with Gasteiger partial charge in [0.2, 0.25) is 11.8 Å². The van der Waals surface area contributed by atoms with E-state index in [1.54, 1.807) is 4.90 Å². The lowest BCUT2D eigenvalue weighted by molar-refractivity contribution is -0.152. The molecule has 4 heteroatoms. The van der Waals surface area contributed by atoms with Crippen molar-refractivity contribution in [1.82, 2.24) is 10.2 Å². The Morgan fingerprint density at radius 3 is 2.55 bits per heavy atom. The van der Waals surface area contributed by atoms with Gasteiger partial charge < -0.3 is 10.2 Å². The molecule has 3 atom stereocenters. The van der Waals surface area contributed by atoms with Gasteiger partial charge in [-0.3, -0.25) is 9.59 Å². The van der Waals surface area contributed by atoms with Crippen LogP contribution in [0, 0.1) is 11.3 Å². The summed E-state index contributed by atoms with van der Waals surface area (Å²) in [4.78, 5) is 26.6. The first-order chi connectivity index (χ1) is 9.30. The molecule has 0 bridgehead atoms. The molecule has 0 aromatic heterocycles. The normalized spacial score (nSPS) is 31.4. The monoisotopic (exact) mass is 278 g/mol. The molecule has 2 amide bonds. The number of nitrogens with one attached hydrogen (secondary N) is 1. The number of carbonyl (C=O) groups excluding carboxylic acids is 2. The van der Waals surface area contributed by atoms with Crippen molar-refractivity contribution in [3.05, 3.63) is 12.2 Å². The maximum atomic E-state index is 12.7. The first kappa shape index (κ1) is 15.1. The summed E-state index contributed by atoms with van der Waals surface area (Å²) in [6, 6.07) is -0.766. The van der Waals surface area contributed by atoms with E-state index in [9.17, 15) is 9.59 Å². The van der Waals surface area contributed by atoms with Crippen LogP contribution in [-0.2, 0) is 9.59 Å². The minimum atomic E-state index is -0.412. The summed E-state index contributed by atoms with van der Waals surface area (Å²) in [6.07, 6.45) is 7.58. The van der Waals surface area contributed by atoms with Crippen LogP contribution in [-0.4, -0.2) is 35.3 Å². The Morgan fingerprint density at radius 2 is 2.00 bits per heavy atom. The predicted octanol–water partition coefficient (Wildman–Crippen LogP) is 2.10. The number of nitrogens with zero attached hydrogens (tertiary/aromatic N) is 1. The lowest BCUT2D eigenvalue weighted by Gasteiger charge is -2.43. The average molecular weight is 278 g/mol. The van der Waals surface area contributed by atoms with Crippen molar-refractivity contribution in [3.8, 4) is 0 Å². The van der Waals surface area contributed by atoms with Crippen LogP contribution in [0.4, 0.5) is 0 Å². The molecule has 112 valence electrons. The van der Waals surface area contributed by atoms with Crippen LogP contribution in [0.1, 0.15) is 47.0 Å². The summed E-state index contributed by atoms with van der Waals surface area (Å²) >= 11 is 0. The van der Waals surface area contributed by atoms with E-state index in [-0.39, 0.29) is 23.3 Å². The Balaban J connectivity index is 2.13. The van der Waals surface area contributed by atoms with E-state index in [0.717, 1.165) is 19.3 Å². The molecule has 0 radical (unpaired) electrons. The average Bonchev–Trinajstić information content (AvgIpc) is 2.39. The number of hydrogen-bond donors (Lipinski definition) is 1. The van der Waals surface area contributed by atoms with Crippen LogP contribution in [0.15, 0.2) is 12.2 Å². The Kier molecular flexibility index (Phi) is 4.21. The smallest absolute Gasteiger partial charge is 0.246 e. The van der Waals surface area contributed by atoms with E-state index < -0.39 is 6.04 Å². The molecule has 3 unspecified atom stereocenters. The van der Waals surface area contributed by atoms with Crippen LogP contribution < -0.4 is 5.32 Å². The van der Waals surface area contributed by atoms with Crippen LogP contribution in [0.25, 0.3) is 0 Å². The van der Waals surface area contributed by atoms with Gasteiger partial charge in [-0.05, 0) is 37.5 Å². The van der Waals surface area contributed by atoms with Crippen molar-refractivity contribution in [3.63, 3.8) is 0 Å². The van der Waals surface area contributed by atoms with E-state index in [4.69, 9.17) is 0 Å². The van der Waals surface area contributed by atoms with Crippen LogP contribution in [0.5, 0.6) is 0 Å². The fourth-order valence-corrected chi connectivity index (χ4v) is 2.96. The Bertz CT molecular complexity index is 423. The second-order valence-electron chi connectivity index (χ2n) is 7.12. The van der Waals surface area contributed by atoms with Gasteiger partial charge in [-0.15, -0.1) is 0 Å². The number of allylic oxidation sites excluding steroid dienone is 2. The first-order valence-corrected chi connectivity index (χ1v) is 7.56. The molecule has 0 aromatic rings. The molecular weight excluding hydrogens is 252 g/mol. The van der Waals surface area contributed by atoms with Gasteiger partial charge >= 0.3 is 0 Å². The van der Waals surface area contributed by atoms with Gasteiger partial charge in [0.25, 0.3) is 0 Å². The van der Waals surface area contributed by atoms with Crippen LogP contribution in [0.2, 0.25) is 0 Å². The second kappa shape index (κ2) is 5.58. The molecule has 2 aliphatic rings. The highest BCUT2D eigenvalue weighted by atomic mass is 16.2. The molecule has 1 aliphatic carbocycles. The van der Waals surface area contributed by atoms with Gasteiger partial charge in [-0.25, -0.2) is 0 Å². The lowest BCUT2D eigenvalue weighted by atomic mass is 9.83. The van der Waals surface area contributed by atoms with Gasteiger partial charge in [0.05, 0.1) is 0 Å². The molecule has 1 fully saturated rings. The molecule has 2 rings (SSSR count). The van der Waals surface area contributed by atoms with Gasteiger partial charge in [-0.1, -0.05) is 32.9 Å². The lowest BCUT2D eigenvalue weighted by Crippen LogP contribution is -2.66. The fraction of sp³-hybridized carbons (Fsp3) is 0.750. The zero-order valence-corrected chi connectivity index (χ0v) is 13.0. The summed E-state index contributed by atoms with van der Waals surface area (Å²) in [5, 5.41) is 2.88. The number of piperazine rings is 1. The minimum absolute atomic E-state index is 0.0316. The third-order valence-corrected chi connectivity index (χ3v) is 4.36. The summed E-state index contributed by atoms with van der Waals surface area (Å²) in [5.74, 6) is 0.521. The fourth-order valence-electron chi connectivity index (χ4n) is 2.96. The van der Waals surface area contributed by atoms with Crippen molar-refractivity contribution < 1.29 is 9.59 Å². The summed E-state index contributed by atoms with van der Waals surface area (Å²) in [7, 11) is 0. The van der Waals surface area contributed by atoms with Crippen molar-refractivity contribution in [1.29, 1.82) is 0 Å². The molecule has 0 spiro atoms. The highest BCUT2D eigenvalue weighted by Gasteiger charge is 2.43. The number of amides is 2. The molecule has 0 aromatic carbocycles. The molecular formula is C16H26N2O2. The maximum absolute atomic E-state index is 12.7. The third-order valence-electron chi connectivity index (χ3n) is 4.36. The quantitative estimate of drug-likeness (QED) is 0.786. The minimum Gasteiger partial charge on any atom is -0.342 e. The van der Waals surface area contributed by atoms with Gasteiger partial charge in [-0.2, -0.15) is 0 Å². The van der Waals surface area contributed by atoms with Crippen molar-refractivity contribution in [2.75, 3.05) is 6.54 Å². The summed E-state index contributed by atoms with van der Waals surface area (Å²) in [5.41, 5.74) is -0.252. The molecule has 1 saturated heterocycles. The first-order valence-electron chi connectivity index (χ1n) is 7.56. The van der Waals surface area contributed by atoms with Crippen molar-refractivity contribution in [2.45, 2.75) is 59.0 Å². The SMILES string of the molecule is CC1C(=O)NC(C(C)(C)C)C(=O)N1CC1CC=CCC1. The van der Waals surface area contributed by atoms with Crippen molar-refractivity contribution in [2.24, 2.45) is 11.3 Å². The van der Waals surface area contributed by atoms with Gasteiger partial charge in [0, 0.05) is 6.54 Å². The molecule has 1 N–H and O–H groups in total. The summed E-state index contributed by atoms with van der Waals surface area (Å²) < 4.78 is 0. The van der Waals surface area contributed by atoms with Crippen molar-refractivity contribution >= 4 is 11.8 Å². The largest absolute Gasteiger partial charge is 0.342 e. The Hall–Kier alpha value is -1.32. The van der Waals surface area contributed by atoms with Gasteiger partial charge in [0.15, 0.2) is 0 Å². The standard InChI is InChI=1S/C16H26N2O2/c1-11-14(19)17-13(16(2,3)4)15(20)18(11)10-12-8-6-5-7-9-12/h5-6,11-13H,7-10H2,1-4H3,(H,17,19). The predicted molar refractivity (Wildman–Crippen MR) is 79.0 cm³/mol. The van der Waals surface area contributed by atoms with Gasteiger partial charge in [0.1, 0.15) is 12.1 Å². The molecule has 20 heavy (non-hydrogen) atoms. The highest BCUT2D eigenvalue weighted by molar-refractivity contribution is 5.97. The molecule has 1 heterocycles. The number of carbonyl (C=O) groups is 2. The zero-order valence-electron chi connectivity index (χ0n) is 13.0. The van der Waals surface area contributed by atoms with Crippen LogP contribution in [0.3, 0.4) is 0 Å². The summed E-state index contributed by atoms with van der Waals surface area (Å²) in [6.45, 7) is 8.50. The molecule has 4 nitrogen and oxygen atoms in total. The second-order valence-corrected chi connectivity index (χ2v) is 7.12. The van der Waals surface area contributed by atoms with E-state index in [1.165, 1.54) is 0 Å². The topological polar surface area (TPSA) is 49.4 Å². The Morgan fingerprint density at radius 1 is 1.30 bits per heavy atom. The van der Waals surface area contributed by atoms with E-state index in [1.807, 2.05) is 27.7 Å². The van der Waals surface area contributed by atoms with Crippen LogP contribution >= 0.6 is 0 Å². The Labute approximate surface area is 121 Å². The third kappa shape index (κ3) is 3.05. The van der Waals surface area contributed by atoms with E-state index >= 15 is 0 Å². The molecule has 1 aliphatic heterocycles. The molecule has 0 saturated carbocycles. The maximum Gasteiger partial charge on any atom is 0.246 e.